The molecule has 0 bridgehead atoms. The van der Waals surface area contributed by atoms with Gasteiger partial charge in [0.1, 0.15) is 5.75 Å². The summed E-state index contributed by atoms with van der Waals surface area (Å²) in [7, 11) is 1.33. The normalized spacial score (nSPS) is 15.0. The number of anilines is 1. The van der Waals surface area contributed by atoms with Crippen molar-refractivity contribution in [3.63, 3.8) is 0 Å². The molecule has 7 nitrogen and oxygen atoms in total. The summed E-state index contributed by atoms with van der Waals surface area (Å²) in [5.74, 6) is 0.339. The number of nitrogens with zero attached hydrogens (tertiary/aromatic N) is 1. The molecule has 0 aliphatic carbocycles. The number of amides is 1. The third-order valence-electron chi connectivity index (χ3n) is 3.49. The first kappa shape index (κ1) is 17.8. The molecule has 0 aromatic heterocycles. The molecule has 1 unspecified atom stereocenters. The van der Waals surface area contributed by atoms with Crippen LogP contribution in [0.15, 0.2) is 53.6 Å². The Bertz CT molecular complexity index is 798. The van der Waals surface area contributed by atoms with Gasteiger partial charge in [0.2, 0.25) is 11.5 Å². The first-order valence-electron chi connectivity index (χ1n) is 7.80. The maximum atomic E-state index is 11.9. The maximum absolute atomic E-state index is 11.9. The van der Waals surface area contributed by atoms with Crippen LogP contribution in [0.2, 0.25) is 0 Å². The Morgan fingerprint density at radius 3 is 2.77 bits per heavy atom. The van der Waals surface area contributed by atoms with Gasteiger partial charge >= 0.3 is 5.97 Å². The number of para-hydroxylation sites is 2. The van der Waals surface area contributed by atoms with E-state index in [0.717, 1.165) is 17.0 Å². The second-order valence-corrected chi connectivity index (χ2v) is 6.36. The third kappa shape index (κ3) is 4.54. The summed E-state index contributed by atoms with van der Waals surface area (Å²) in [6.07, 6.45) is 1.50. The predicted molar refractivity (Wildman–Crippen MR) is 100 cm³/mol. The van der Waals surface area contributed by atoms with Crippen LogP contribution in [0.25, 0.3) is 0 Å². The molecule has 0 fully saturated rings. The van der Waals surface area contributed by atoms with Crippen molar-refractivity contribution >= 4 is 35.5 Å². The topological polar surface area (TPSA) is 89.0 Å². The number of thioether (sulfide) groups is 1. The van der Waals surface area contributed by atoms with Crippen LogP contribution >= 0.6 is 11.8 Å². The van der Waals surface area contributed by atoms with Gasteiger partial charge < -0.3 is 14.8 Å². The van der Waals surface area contributed by atoms with E-state index in [9.17, 15) is 9.59 Å². The highest BCUT2D eigenvalue weighted by Crippen LogP contribution is 2.34. The Labute approximate surface area is 154 Å². The van der Waals surface area contributed by atoms with E-state index >= 15 is 0 Å². The van der Waals surface area contributed by atoms with Gasteiger partial charge in [0, 0.05) is 0 Å². The van der Waals surface area contributed by atoms with E-state index in [1.807, 2.05) is 24.3 Å². The molecule has 2 N–H and O–H groups in total. The molecule has 2 aromatic rings. The average molecular weight is 371 g/mol. The molecular weight excluding hydrogens is 354 g/mol. The number of nitrogens with one attached hydrogen (secondary N) is 2. The highest BCUT2D eigenvalue weighted by Gasteiger charge is 2.22. The van der Waals surface area contributed by atoms with Crippen LogP contribution in [0.1, 0.15) is 15.9 Å². The number of fused-ring (bicyclic) bond motifs is 1. The minimum Gasteiger partial charge on any atom is -0.465 e. The van der Waals surface area contributed by atoms with E-state index in [4.69, 9.17) is 4.74 Å². The molecule has 1 heterocycles. The summed E-state index contributed by atoms with van der Waals surface area (Å²) >= 11 is 1.33. The second kappa shape index (κ2) is 8.39. The number of hydrazone groups is 1. The minimum atomic E-state index is -0.399. The first-order valence-corrected chi connectivity index (χ1v) is 8.85. The molecular formula is C18H17N3O4S. The lowest BCUT2D eigenvalue weighted by Crippen LogP contribution is -2.24. The zero-order valence-corrected chi connectivity index (χ0v) is 14.8. The number of rotatable bonds is 6. The molecule has 26 heavy (non-hydrogen) atoms. The van der Waals surface area contributed by atoms with Gasteiger partial charge in [0.25, 0.3) is 0 Å². The molecule has 0 saturated heterocycles. The summed E-state index contributed by atoms with van der Waals surface area (Å²) in [5.41, 5.74) is 4.28. The van der Waals surface area contributed by atoms with Crippen LogP contribution < -0.4 is 15.5 Å². The van der Waals surface area contributed by atoms with Gasteiger partial charge in [0.05, 0.1) is 30.3 Å². The highest BCUT2D eigenvalue weighted by molar-refractivity contribution is 8.00. The van der Waals surface area contributed by atoms with Crippen molar-refractivity contribution in [1.29, 1.82) is 0 Å². The van der Waals surface area contributed by atoms with E-state index in [2.05, 4.69) is 20.6 Å². The Morgan fingerprint density at radius 2 is 2.04 bits per heavy atom. The molecule has 1 amide bonds. The van der Waals surface area contributed by atoms with Crippen LogP contribution in [-0.2, 0) is 9.53 Å². The molecule has 0 saturated carbocycles. The highest BCUT2D eigenvalue weighted by atomic mass is 32.2. The number of esters is 1. The Balaban J connectivity index is 1.41. The van der Waals surface area contributed by atoms with Gasteiger partial charge in [0.15, 0.2) is 0 Å². The zero-order valence-electron chi connectivity index (χ0n) is 14.0. The van der Waals surface area contributed by atoms with Crippen LogP contribution in [-0.4, -0.2) is 36.5 Å². The van der Waals surface area contributed by atoms with Crippen LogP contribution in [0.5, 0.6) is 5.75 Å². The third-order valence-corrected chi connectivity index (χ3v) is 4.44. The van der Waals surface area contributed by atoms with Gasteiger partial charge in [-0.25, -0.2) is 10.2 Å². The maximum Gasteiger partial charge on any atom is 0.337 e. The van der Waals surface area contributed by atoms with Crippen molar-refractivity contribution in [2.45, 2.75) is 5.56 Å². The van der Waals surface area contributed by atoms with E-state index in [1.165, 1.54) is 25.1 Å². The van der Waals surface area contributed by atoms with Gasteiger partial charge in [-0.2, -0.15) is 5.10 Å². The summed E-state index contributed by atoms with van der Waals surface area (Å²) in [6.45, 7) is 0. The van der Waals surface area contributed by atoms with Crippen LogP contribution in [0.3, 0.4) is 0 Å². The SMILES string of the molecule is COC(=O)c1ccc(C=NNC(=O)CSC2Nc3ccccc3O2)cc1. The monoisotopic (exact) mass is 371 g/mol. The Hall–Kier alpha value is -3.00. The first-order chi connectivity index (χ1) is 12.7. The van der Waals surface area contributed by atoms with Gasteiger partial charge in [-0.1, -0.05) is 36.0 Å². The fourth-order valence-electron chi connectivity index (χ4n) is 2.22. The van der Waals surface area contributed by atoms with Gasteiger partial charge in [-0.05, 0) is 29.8 Å². The van der Waals surface area contributed by atoms with Gasteiger partial charge in [-0.3, -0.25) is 4.79 Å². The molecule has 3 rings (SSSR count). The average Bonchev–Trinajstić information content (AvgIpc) is 3.09. The van der Waals surface area contributed by atoms with Gasteiger partial charge in [-0.15, -0.1) is 0 Å². The summed E-state index contributed by atoms with van der Waals surface area (Å²) in [5, 5.41) is 7.08. The molecule has 0 spiro atoms. The van der Waals surface area contributed by atoms with Crippen molar-refractivity contribution in [3.05, 3.63) is 59.7 Å². The van der Waals surface area contributed by atoms with E-state index in [0.29, 0.717) is 5.56 Å². The van der Waals surface area contributed by atoms with E-state index in [1.54, 1.807) is 24.3 Å². The largest absolute Gasteiger partial charge is 0.465 e. The second-order valence-electron chi connectivity index (χ2n) is 5.31. The quantitative estimate of drug-likeness (QED) is 0.461. The standard InChI is InChI=1S/C18H17N3O4S/c1-24-17(23)13-8-6-12(7-9-13)10-19-21-16(22)11-26-18-20-14-4-2-3-5-15(14)25-18/h2-10,18,20H,11H2,1H3,(H,21,22). The Morgan fingerprint density at radius 1 is 1.27 bits per heavy atom. The van der Waals surface area contributed by atoms with Crippen molar-refractivity contribution in [2.75, 3.05) is 18.2 Å². The molecule has 134 valence electrons. The number of carbonyl (C=O) groups is 2. The minimum absolute atomic E-state index is 0.199. The smallest absolute Gasteiger partial charge is 0.337 e. The molecule has 2 aromatic carbocycles. The Kier molecular flexibility index (Phi) is 5.75. The van der Waals surface area contributed by atoms with Crippen LogP contribution in [0.4, 0.5) is 5.69 Å². The van der Waals surface area contributed by atoms with Crippen molar-refractivity contribution in [2.24, 2.45) is 5.10 Å². The van der Waals surface area contributed by atoms with E-state index in [-0.39, 0.29) is 17.2 Å². The number of methoxy groups -OCH3 is 1. The molecule has 8 heteroatoms. The fraction of sp³-hybridized carbons (Fsp3) is 0.167. The number of ether oxygens (including phenoxy) is 2. The van der Waals surface area contributed by atoms with Crippen molar-refractivity contribution in [3.8, 4) is 5.75 Å². The van der Waals surface area contributed by atoms with Crippen LogP contribution in [0, 0.1) is 0 Å². The molecule has 0 radical (unpaired) electrons. The number of hydrogen-bond donors (Lipinski definition) is 2. The summed E-state index contributed by atoms with van der Waals surface area (Å²) in [6, 6.07) is 14.3. The summed E-state index contributed by atoms with van der Waals surface area (Å²) in [4.78, 5) is 23.2. The summed E-state index contributed by atoms with van der Waals surface area (Å²) < 4.78 is 10.3. The van der Waals surface area contributed by atoms with Crippen molar-refractivity contribution < 1.29 is 19.1 Å². The van der Waals surface area contributed by atoms with Crippen molar-refractivity contribution in [1.82, 2.24) is 5.43 Å². The molecule has 1 aliphatic rings. The zero-order chi connectivity index (χ0) is 18.4. The number of hydrogen-bond acceptors (Lipinski definition) is 7. The lowest BCUT2D eigenvalue weighted by molar-refractivity contribution is -0.118. The number of benzene rings is 2. The van der Waals surface area contributed by atoms with E-state index < -0.39 is 5.97 Å². The molecule has 1 aliphatic heterocycles. The lowest BCUT2D eigenvalue weighted by Gasteiger charge is -2.09. The predicted octanol–water partition coefficient (Wildman–Crippen LogP) is 2.44. The fourth-order valence-corrected chi connectivity index (χ4v) is 2.97. The number of carbonyl (C=O) groups excluding carboxylic acids is 2. The molecule has 1 atom stereocenters. The lowest BCUT2D eigenvalue weighted by atomic mass is 10.1.